The van der Waals surface area contributed by atoms with Gasteiger partial charge < -0.3 is 10.5 Å². The van der Waals surface area contributed by atoms with Gasteiger partial charge in [-0.05, 0) is 19.8 Å². The van der Waals surface area contributed by atoms with E-state index in [1.165, 1.54) is 0 Å². The summed E-state index contributed by atoms with van der Waals surface area (Å²) in [6, 6.07) is -0.340. The number of Topliss-reactive ketones (excluding diaryl/α,β-unsaturated/α-hetero) is 1. The summed E-state index contributed by atoms with van der Waals surface area (Å²) >= 11 is 0. The van der Waals surface area contributed by atoms with Gasteiger partial charge in [0.1, 0.15) is 0 Å². The summed E-state index contributed by atoms with van der Waals surface area (Å²) in [7, 11) is 0. The van der Waals surface area contributed by atoms with Gasteiger partial charge in [0, 0.05) is 18.6 Å². The van der Waals surface area contributed by atoms with Crippen molar-refractivity contribution >= 4 is 5.78 Å². The van der Waals surface area contributed by atoms with E-state index in [0.29, 0.717) is 13.2 Å². The van der Waals surface area contributed by atoms with Crippen LogP contribution in [0.5, 0.6) is 0 Å². The molecule has 1 heterocycles. The third kappa shape index (κ3) is 1.84. The molecule has 1 fully saturated rings. The normalized spacial score (nSPS) is 24.9. The lowest BCUT2D eigenvalue weighted by molar-refractivity contribution is -0.133. The molecule has 0 radical (unpaired) electrons. The van der Waals surface area contributed by atoms with E-state index in [0.717, 1.165) is 12.8 Å². The van der Waals surface area contributed by atoms with Crippen LogP contribution >= 0.6 is 0 Å². The Morgan fingerprint density at radius 2 is 2.00 bits per heavy atom. The van der Waals surface area contributed by atoms with Crippen molar-refractivity contribution in [2.45, 2.75) is 32.7 Å². The van der Waals surface area contributed by atoms with Crippen molar-refractivity contribution in [3.63, 3.8) is 0 Å². The predicted octanol–water partition coefficient (Wildman–Crippen LogP) is 0.719. The van der Waals surface area contributed by atoms with Crippen molar-refractivity contribution in [2.24, 2.45) is 11.1 Å². The molecule has 0 aromatic carbocycles. The quantitative estimate of drug-likeness (QED) is 0.666. The van der Waals surface area contributed by atoms with Crippen molar-refractivity contribution in [2.75, 3.05) is 13.2 Å². The zero-order chi connectivity index (χ0) is 9.19. The number of carbonyl (C=O) groups is 1. The zero-order valence-electron chi connectivity index (χ0n) is 7.80. The van der Waals surface area contributed by atoms with Gasteiger partial charge in [-0.3, -0.25) is 4.79 Å². The van der Waals surface area contributed by atoms with Crippen molar-refractivity contribution < 1.29 is 9.53 Å². The highest BCUT2D eigenvalue weighted by atomic mass is 16.5. The van der Waals surface area contributed by atoms with Crippen LogP contribution in [-0.4, -0.2) is 25.0 Å². The SMILES string of the molecule is CC(N)C(=O)C1(C)CCOCC1. The van der Waals surface area contributed by atoms with Crippen LogP contribution in [0.2, 0.25) is 0 Å². The molecule has 1 saturated heterocycles. The molecule has 1 aliphatic heterocycles. The second-order valence-corrected chi connectivity index (χ2v) is 3.83. The molecule has 0 aromatic rings. The number of rotatable bonds is 2. The Morgan fingerprint density at radius 1 is 1.50 bits per heavy atom. The van der Waals surface area contributed by atoms with Crippen LogP contribution < -0.4 is 5.73 Å². The van der Waals surface area contributed by atoms with E-state index >= 15 is 0 Å². The van der Waals surface area contributed by atoms with Gasteiger partial charge in [-0.25, -0.2) is 0 Å². The summed E-state index contributed by atoms with van der Waals surface area (Å²) in [6.07, 6.45) is 1.63. The third-order valence-electron chi connectivity index (χ3n) is 2.60. The first-order valence-corrected chi connectivity index (χ1v) is 4.44. The van der Waals surface area contributed by atoms with Gasteiger partial charge >= 0.3 is 0 Å². The van der Waals surface area contributed by atoms with Gasteiger partial charge in [-0.1, -0.05) is 6.92 Å². The molecule has 1 atom stereocenters. The van der Waals surface area contributed by atoms with Crippen LogP contribution in [-0.2, 0) is 9.53 Å². The van der Waals surface area contributed by atoms with Crippen LogP contribution in [0, 0.1) is 5.41 Å². The monoisotopic (exact) mass is 171 g/mol. The first kappa shape index (κ1) is 9.68. The summed E-state index contributed by atoms with van der Waals surface area (Å²) in [5, 5.41) is 0. The molecule has 12 heavy (non-hydrogen) atoms. The summed E-state index contributed by atoms with van der Waals surface area (Å²) < 4.78 is 5.20. The minimum absolute atomic E-state index is 0.172. The lowest BCUT2D eigenvalue weighted by Crippen LogP contribution is -2.43. The summed E-state index contributed by atoms with van der Waals surface area (Å²) in [4.78, 5) is 11.6. The van der Waals surface area contributed by atoms with E-state index in [4.69, 9.17) is 10.5 Å². The Balaban J connectivity index is 2.62. The van der Waals surface area contributed by atoms with Gasteiger partial charge in [0.05, 0.1) is 6.04 Å². The maximum atomic E-state index is 11.6. The first-order chi connectivity index (χ1) is 5.56. The molecule has 0 amide bonds. The van der Waals surface area contributed by atoms with Gasteiger partial charge in [0.25, 0.3) is 0 Å². The fourth-order valence-corrected chi connectivity index (χ4v) is 1.62. The fourth-order valence-electron chi connectivity index (χ4n) is 1.62. The van der Waals surface area contributed by atoms with Crippen molar-refractivity contribution in [3.05, 3.63) is 0 Å². The highest BCUT2D eigenvalue weighted by Gasteiger charge is 2.36. The van der Waals surface area contributed by atoms with Crippen molar-refractivity contribution in [3.8, 4) is 0 Å². The third-order valence-corrected chi connectivity index (χ3v) is 2.60. The number of nitrogens with two attached hydrogens (primary N) is 1. The predicted molar refractivity (Wildman–Crippen MR) is 46.8 cm³/mol. The Kier molecular flexibility index (Phi) is 2.85. The Hall–Kier alpha value is -0.410. The molecule has 3 heteroatoms. The molecule has 70 valence electrons. The van der Waals surface area contributed by atoms with E-state index < -0.39 is 0 Å². The Bertz CT molecular complexity index is 171. The molecule has 0 aliphatic carbocycles. The standard InChI is InChI=1S/C9H17NO2/c1-7(10)8(11)9(2)3-5-12-6-4-9/h7H,3-6,10H2,1-2H3. The van der Waals surface area contributed by atoms with Gasteiger partial charge in [-0.15, -0.1) is 0 Å². The largest absolute Gasteiger partial charge is 0.381 e. The lowest BCUT2D eigenvalue weighted by atomic mass is 9.76. The van der Waals surface area contributed by atoms with E-state index in [2.05, 4.69) is 0 Å². The number of carbonyl (C=O) groups excluding carboxylic acids is 1. The molecule has 0 spiro atoms. The average molecular weight is 171 g/mol. The van der Waals surface area contributed by atoms with Gasteiger partial charge in [-0.2, -0.15) is 0 Å². The second-order valence-electron chi connectivity index (χ2n) is 3.83. The van der Waals surface area contributed by atoms with Crippen molar-refractivity contribution in [1.29, 1.82) is 0 Å². The second kappa shape index (κ2) is 3.54. The molecule has 1 rings (SSSR count). The summed E-state index contributed by atoms with van der Waals surface area (Å²) in [6.45, 7) is 5.12. The fraction of sp³-hybridized carbons (Fsp3) is 0.889. The maximum Gasteiger partial charge on any atom is 0.155 e. The smallest absolute Gasteiger partial charge is 0.155 e. The van der Waals surface area contributed by atoms with Gasteiger partial charge in [0.2, 0.25) is 0 Å². The molecule has 0 saturated carbocycles. The minimum atomic E-state index is -0.340. The van der Waals surface area contributed by atoms with E-state index in [1.807, 2.05) is 6.92 Å². The van der Waals surface area contributed by atoms with Crippen LogP contribution in [0.1, 0.15) is 26.7 Å². The highest BCUT2D eigenvalue weighted by molar-refractivity contribution is 5.88. The van der Waals surface area contributed by atoms with Crippen LogP contribution in [0.4, 0.5) is 0 Å². The molecular formula is C9H17NO2. The van der Waals surface area contributed by atoms with Crippen LogP contribution in [0.25, 0.3) is 0 Å². The van der Waals surface area contributed by atoms with E-state index in [9.17, 15) is 4.79 Å². The lowest BCUT2D eigenvalue weighted by Gasteiger charge is -2.33. The topological polar surface area (TPSA) is 52.3 Å². The van der Waals surface area contributed by atoms with E-state index in [1.54, 1.807) is 6.92 Å². The Morgan fingerprint density at radius 3 is 2.42 bits per heavy atom. The number of ether oxygens (including phenoxy) is 1. The van der Waals surface area contributed by atoms with Crippen LogP contribution in [0.15, 0.2) is 0 Å². The Labute approximate surface area is 73.3 Å². The average Bonchev–Trinajstić information content (AvgIpc) is 2.04. The molecule has 0 bridgehead atoms. The van der Waals surface area contributed by atoms with Gasteiger partial charge in [0.15, 0.2) is 5.78 Å². The summed E-state index contributed by atoms with van der Waals surface area (Å²) in [5.41, 5.74) is 5.33. The number of hydrogen-bond acceptors (Lipinski definition) is 3. The number of ketones is 1. The highest BCUT2D eigenvalue weighted by Crippen LogP contribution is 2.31. The maximum absolute atomic E-state index is 11.6. The molecule has 1 aliphatic rings. The van der Waals surface area contributed by atoms with E-state index in [-0.39, 0.29) is 17.2 Å². The first-order valence-electron chi connectivity index (χ1n) is 4.44. The molecule has 2 N–H and O–H groups in total. The van der Waals surface area contributed by atoms with Crippen molar-refractivity contribution in [1.82, 2.24) is 0 Å². The summed E-state index contributed by atoms with van der Waals surface area (Å²) in [5.74, 6) is 0.172. The number of hydrogen-bond donors (Lipinski definition) is 1. The zero-order valence-corrected chi connectivity index (χ0v) is 7.80. The van der Waals surface area contributed by atoms with Crippen LogP contribution in [0.3, 0.4) is 0 Å². The molecule has 3 nitrogen and oxygen atoms in total. The molecule has 0 aromatic heterocycles. The minimum Gasteiger partial charge on any atom is -0.381 e. The molecular weight excluding hydrogens is 154 g/mol. The molecule has 1 unspecified atom stereocenters.